The third kappa shape index (κ3) is 4.78. The first-order valence-corrected chi connectivity index (χ1v) is 12.8. The number of ether oxygens (including phenoxy) is 1. The van der Waals surface area contributed by atoms with Gasteiger partial charge in [0.25, 0.3) is 11.8 Å². The van der Waals surface area contributed by atoms with Gasteiger partial charge in [-0.3, -0.25) is 9.59 Å². The third-order valence-corrected chi connectivity index (χ3v) is 7.18. The number of aryl methyl sites for hydroxylation is 1. The van der Waals surface area contributed by atoms with Crippen molar-refractivity contribution in [3.63, 3.8) is 0 Å². The number of nitrogens with zero attached hydrogens (tertiary/aromatic N) is 4. The van der Waals surface area contributed by atoms with Gasteiger partial charge in [-0.2, -0.15) is 4.98 Å². The third-order valence-electron chi connectivity index (χ3n) is 6.80. The highest BCUT2D eigenvalue weighted by atomic mass is 35.5. The second kappa shape index (κ2) is 10.0. The highest BCUT2D eigenvalue weighted by molar-refractivity contribution is 6.38. The molecule has 3 aromatic heterocycles. The van der Waals surface area contributed by atoms with E-state index in [2.05, 4.69) is 25.9 Å². The first-order valence-electron chi connectivity index (χ1n) is 12.4. The molecule has 1 fully saturated rings. The van der Waals surface area contributed by atoms with E-state index < -0.39 is 29.0 Å². The van der Waals surface area contributed by atoms with Crippen LogP contribution in [0.1, 0.15) is 34.9 Å². The van der Waals surface area contributed by atoms with Gasteiger partial charge in [-0.15, -0.1) is 0 Å². The zero-order valence-corrected chi connectivity index (χ0v) is 22.4. The van der Waals surface area contributed by atoms with E-state index in [-0.39, 0.29) is 34.6 Å². The Bertz CT molecular complexity index is 1830. The quantitative estimate of drug-likeness (QED) is 0.273. The van der Waals surface area contributed by atoms with Gasteiger partial charge in [-0.25, -0.2) is 8.78 Å². The van der Waals surface area contributed by atoms with Crippen LogP contribution in [0.2, 0.25) is 5.02 Å². The van der Waals surface area contributed by atoms with E-state index in [1.807, 2.05) is 0 Å². The van der Waals surface area contributed by atoms with Gasteiger partial charge < -0.3 is 29.0 Å². The van der Waals surface area contributed by atoms with E-state index in [0.29, 0.717) is 41.0 Å². The SMILES string of the molecule is COc1cc(C(=O)NC2(C(=O)NCc3ccc(-n4c(-c5noc(C)n5)c(Cl)c5cc(F)ccc54)cc3F)CC2)on1. The van der Waals surface area contributed by atoms with Gasteiger partial charge in [0.05, 0.1) is 23.7 Å². The fourth-order valence-corrected chi connectivity index (χ4v) is 4.85. The topological polar surface area (TPSA) is 137 Å². The fourth-order valence-electron chi connectivity index (χ4n) is 4.53. The average molecular weight is 583 g/mol. The van der Waals surface area contributed by atoms with Crippen molar-refractivity contribution in [1.82, 2.24) is 30.5 Å². The average Bonchev–Trinajstić information content (AvgIpc) is 3.26. The summed E-state index contributed by atoms with van der Waals surface area (Å²) in [6.07, 6.45) is 0.829. The first-order chi connectivity index (χ1) is 19.7. The van der Waals surface area contributed by atoms with E-state index >= 15 is 4.39 Å². The predicted molar refractivity (Wildman–Crippen MR) is 141 cm³/mol. The molecule has 0 saturated heterocycles. The molecule has 2 aromatic carbocycles. The summed E-state index contributed by atoms with van der Waals surface area (Å²) in [7, 11) is 1.38. The minimum Gasteiger partial charge on any atom is -0.479 e. The first kappa shape index (κ1) is 26.4. The van der Waals surface area contributed by atoms with Crippen molar-refractivity contribution >= 4 is 34.3 Å². The Balaban J connectivity index is 1.23. The van der Waals surface area contributed by atoms with Gasteiger partial charge in [0.15, 0.2) is 0 Å². The molecule has 1 aliphatic carbocycles. The molecular formula is C27H21ClF2N6O5. The number of carbonyl (C=O) groups is 2. The van der Waals surface area contributed by atoms with Crippen molar-refractivity contribution in [2.45, 2.75) is 31.8 Å². The van der Waals surface area contributed by atoms with Crippen LogP contribution in [0.3, 0.4) is 0 Å². The number of nitrogens with one attached hydrogen (secondary N) is 2. The summed E-state index contributed by atoms with van der Waals surface area (Å²) in [6, 6.07) is 9.79. The molecule has 0 bridgehead atoms. The molecule has 41 heavy (non-hydrogen) atoms. The van der Waals surface area contributed by atoms with Crippen molar-refractivity contribution in [2.75, 3.05) is 7.11 Å². The van der Waals surface area contributed by atoms with Gasteiger partial charge in [-0.05, 0) is 48.3 Å². The summed E-state index contributed by atoms with van der Waals surface area (Å²) < 4.78 is 46.0. The van der Waals surface area contributed by atoms with Crippen molar-refractivity contribution in [3.05, 3.63) is 76.3 Å². The molecule has 3 heterocycles. The number of hydrogen-bond acceptors (Lipinski definition) is 8. The summed E-state index contributed by atoms with van der Waals surface area (Å²) in [4.78, 5) is 29.7. The summed E-state index contributed by atoms with van der Waals surface area (Å²) in [5.41, 5.74) is 0.258. The lowest BCUT2D eigenvalue weighted by Crippen LogP contribution is -2.48. The smallest absolute Gasteiger partial charge is 0.290 e. The lowest BCUT2D eigenvalue weighted by Gasteiger charge is -2.17. The Kier molecular flexibility index (Phi) is 6.45. The van der Waals surface area contributed by atoms with Gasteiger partial charge in [0.1, 0.15) is 22.9 Å². The van der Waals surface area contributed by atoms with Crippen LogP contribution in [-0.2, 0) is 11.3 Å². The second-order valence-corrected chi connectivity index (χ2v) is 9.90. The highest BCUT2D eigenvalue weighted by Gasteiger charge is 2.51. The largest absolute Gasteiger partial charge is 0.479 e. The molecule has 14 heteroatoms. The van der Waals surface area contributed by atoms with E-state index in [1.165, 1.54) is 43.5 Å². The number of fused-ring (bicyclic) bond motifs is 1. The van der Waals surface area contributed by atoms with Crippen molar-refractivity contribution in [1.29, 1.82) is 0 Å². The lowest BCUT2D eigenvalue weighted by atomic mass is 10.1. The van der Waals surface area contributed by atoms with Crippen LogP contribution in [-0.4, -0.2) is 44.3 Å². The Labute approximate surface area is 235 Å². The monoisotopic (exact) mass is 582 g/mol. The number of carbonyl (C=O) groups excluding carboxylic acids is 2. The predicted octanol–water partition coefficient (Wildman–Crippen LogP) is 4.50. The van der Waals surface area contributed by atoms with E-state index in [4.69, 9.17) is 25.4 Å². The molecule has 11 nitrogen and oxygen atoms in total. The Morgan fingerprint density at radius 3 is 2.59 bits per heavy atom. The summed E-state index contributed by atoms with van der Waals surface area (Å²) in [6.45, 7) is 1.48. The number of amides is 2. The van der Waals surface area contributed by atoms with Crippen molar-refractivity contribution in [3.8, 4) is 23.1 Å². The maximum Gasteiger partial charge on any atom is 0.290 e. The van der Waals surface area contributed by atoms with Crippen molar-refractivity contribution < 1.29 is 32.2 Å². The Morgan fingerprint density at radius 1 is 1.12 bits per heavy atom. The zero-order valence-electron chi connectivity index (χ0n) is 21.6. The molecule has 210 valence electrons. The number of methoxy groups -OCH3 is 1. The molecule has 1 saturated carbocycles. The standard InChI is InChI=1S/C27H21ClF2N6O5/c1-13-32-24(35-40-13)23-22(28)17-9-15(29)4-6-19(17)36(23)16-5-3-14(18(30)10-16)12-31-26(38)27(7-8-27)33-25(37)20-11-21(39-2)34-41-20/h3-6,9-11H,7-8,12H2,1-2H3,(H,31,38)(H,33,37). The van der Waals surface area contributed by atoms with Crippen LogP contribution >= 0.6 is 11.6 Å². The van der Waals surface area contributed by atoms with Gasteiger partial charge in [0, 0.05) is 30.1 Å². The van der Waals surface area contributed by atoms with Crippen LogP contribution in [0.15, 0.2) is 51.5 Å². The van der Waals surface area contributed by atoms with Gasteiger partial charge in [-0.1, -0.05) is 22.8 Å². The number of benzene rings is 2. The zero-order chi connectivity index (χ0) is 28.9. The summed E-state index contributed by atoms with van der Waals surface area (Å²) in [5.74, 6) is -1.70. The number of halogens is 3. The van der Waals surface area contributed by atoms with Gasteiger partial charge >= 0.3 is 0 Å². The molecule has 0 radical (unpaired) electrons. The molecule has 0 spiro atoms. The molecule has 2 N–H and O–H groups in total. The Hall–Kier alpha value is -4.78. The van der Waals surface area contributed by atoms with E-state index in [0.717, 1.165) is 0 Å². The van der Waals surface area contributed by atoms with Crippen LogP contribution in [0.25, 0.3) is 28.1 Å². The van der Waals surface area contributed by atoms with Crippen LogP contribution < -0.4 is 15.4 Å². The maximum absolute atomic E-state index is 15.4. The van der Waals surface area contributed by atoms with Crippen LogP contribution in [0.5, 0.6) is 5.88 Å². The lowest BCUT2D eigenvalue weighted by molar-refractivity contribution is -0.124. The molecule has 0 aliphatic heterocycles. The Morgan fingerprint density at radius 2 is 1.93 bits per heavy atom. The maximum atomic E-state index is 15.4. The summed E-state index contributed by atoms with van der Waals surface area (Å²) >= 11 is 6.62. The van der Waals surface area contributed by atoms with E-state index in [9.17, 15) is 14.0 Å². The molecular weight excluding hydrogens is 562 g/mol. The van der Waals surface area contributed by atoms with Crippen LogP contribution in [0.4, 0.5) is 8.78 Å². The van der Waals surface area contributed by atoms with E-state index in [1.54, 1.807) is 17.6 Å². The van der Waals surface area contributed by atoms with Gasteiger partial charge in [0.2, 0.25) is 23.4 Å². The molecule has 0 unspecified atom stereocenters. The highest BCUT2D eigenvalue weighted by Crippen LogP contribution is 2.39. The fraction of sp³-hybridized carbons (Fsp3) is 0.222. The summed E-state index contributed by atoms with van der Waals surface area (Å²) in [5, 5.41) is 13.4. The number of hydrogen-bond donors (Lipinski definition) is 2. The molecule has 1 aliphatic rings. The normalized spacial score (nSPS) is 13.8. The molecule has 6 rings (SSSR count). The van der Waals surface area contributed by atoms with Crippen molar-refractivity contribution in [2.24, 2.45) is 0 Å². The van der Waals surface area contributed by atoms with Crippen LogP contribution in [0, 0.1) is 18.6 Å². The minimum absolute atomic E-state index is 0.0988. The number of rotatable bonds is 8. The number of aromatic nitrogens is 4. The minimum atomic E-state index is -1.12. The second-order valence-electron chi connectivity index (χ2n) is 9.52. The molecule has 5 aromatic rings. The molecule has 0 atom stereocenters. The molecule has 2 amide bonds.